The number of ether oxygens (including phenoxy) is 13. The van der Waals surface area contributed by atoms with Gasteiger partial charge in [0.1, 0.15) is 76.2 Å². The molecule has 2 aliphatic heterocycles. The molecule has 0 aromatic carbocycles. The summed E-state index contributed by atoms with van der Waals surface area (Å²) < 4.78 is 63.9. The molecule has 0 spiro atoms. The number of aliphatic hydroxyl groups is 5. The van der Waals surface area contributed by atoms with Gasteiger partial charge in [0, 0.05) is 62.6 Å². The second-order valence-electron chi connectivity index (χ2n) is 28.3. The van der Waals surface area contributed by atoms with Crippen LogP contribution in [-0.2, 0) is 129 Å². The van der Waals surface area contributed by atoms with E-state index in [2.05, 4.69) is 93.0 Å². The number of allylic oxidation sites excluding steroid dienone is 1. The molecule has 4 aliphatic carbocycles. The van der Waals surface area contributed by atoms with E-state index < -0.39 is 217 Å². The van der Waals surface area contributed by atoms with E-state index in [0.717, 1.165) is 105 Å². The van der Waals surface area contributed by atoms with Crippen molar-refractivity contribution in [3.63, 3.8) is 0 Å². The highest BCUT2D eigenvalue weighted by Crippen LogP contribution is 2.43. The quantitative estimate of drug-likeness (QED) is 0.00557. The van der Waals surface area contributed by atoms with E-state index in [1.807, 2.05) is 6.92 Å². The standard InChI is InChI=1S/C25H29N5O9.C19H29N5O8.C17H17N3O5.C14H30O12.C5H5NO2/c1-27-24(17(31)7-8-18(24)32)13-23(30-22(36)38-4,14-25(28-2)19(33)9-10-20(25)34)11-5-6-16(12-39-15-26)29-21(35)37-3;1-6-7-12(22-18(29)31-4)15(23-19(30)32-5)17(28)21-11(3)20-16(27)10(2)24-13(25)8-9-14(24)26;1-15(25-10-18,8-16(19-2)11(21)4-5-12(16)22)9-17(20-3)13(23)6-7-14(17)24;15-7-22-5-13(25-10-18)3-20-1-12(24-9-17)2-21-4-14(26-11-19)6-23-8-16;1-6-4(7)2-3-5(6)8/h7-10,12,15,26H,1-2,5-6,11,13-14H2,3-4H3,(H,29,35)(H,30,36);8-12,15H,6-7H2,1-5H3,(H,20,27)(H,21,28)(H,22,29)(H,23,30);4-7,10,18H,2-3,8-9H2,1H3;12-19H,1-11H2;2-3H,1H3/b16-12+,26-15?;;;;. The monoisotopic (exact) mass is 1840 g/mol. The van der Waals surface area contributed by atoms with Crippen molar-refractivity contribution < 1.29 is 173 Å². The molecule has 0 aromatic rings. The molecule has 6 atom stereocenters. The summed E-state index contributed by atoms with van der Waals surface area (Å²) in [6.07, 6.45) is 8.58. The zero-order valence-corrected chi connectivity index (χ0v) is 72.7. The summed E-state index contributed by atoms with van der Waals surface area (Å²) in [7, 11) is 5.95. The van der Waals surface area contributed by atoms with Crippen LogP contribution < -0.4 is 31.9 Å². The summed E-state index contributed by atoms with van der Waals surface area (Å²) in [5.74, 6) is -8.22. The Kier molecular flexibility index (Phi) is 49.0. The van der Waals surface area contributed by atoms with Crippen LogP contribution >= 0.6 is 0 Å². The number of nitrogens with zero attached hydrogens (tertiary/aromatic N) is 6. The second kappa shape index (κ2) is 56.3. The number of carbonyl (C=O) groups is 18. The number of likely N-dealkylation sites (N-methyl/N-ethyl adjacent to an activating group) is 1. The lowest BCUT2D eigenvalue weighted by atomic mass is 9.69. The lowest BCUT2D eigenvalue weighted by molar-refractivity contribution is -0.154. The first-order valence-corrected chi connectivity index (χ1v) is 38.9. The first kappa shape index (κ1) is 113. The van der Waals surface area contributed by atoms with Gasteiger partial charge in [-0.1, -0.05) is 13.3 Å². The molecule has 2 heterocycles. The van der Waals surface area contributed by atoms with Gasteiger partial charge in [0.05, 0.1) is 86.0 Å². The van der Waals surface area contributed by atoms with E-state index in [0.29, 0.717) is 25.6 Å². The van der Waals surface area contributed by atoms with Crippen LogP contribution in [0.4, 0.5) is 19.2 Å². The number of methoxy groups -OCH3 is 4. The summed E-state index contributed by atoms with van der Waals surface area (Å²) in [5.41, 5.74) is -10.7. The van der Waals surface area contributed by atoms with E-state index in [4.69, 9.17) is 83.7 Å². The Morgan fingerprint density at radius 3 is 1.15 bits per heavy atom. The predicted molar refractivity (Wildman–Crippen MR) is 448 cm³/mol. The number of amides is 10. The van der Waals surface area contributed by atoms with Gasteiger partial charge < -0.3 is 114 Å². The maximum Gasteiger partial charge on any atom is 0.411 e. The molecule has 10 amide bonds. The number of aliphatic hydroxyl groups excluding tert-OH is 5. The Labute approximate surface area is 744 Å². The summed E-state index contributed by atoms with van der Waals surface area (Å²) in [4.78, 5) is 234. The first-order chi connectivity index (χ1) is 61.6. The van der Waals surface area contributed by atoms with Gasteiger partial charge in [0.25, 0.3) is 23.6 Å². The maximum atomic E-state index is 12.9. The van der Waals surface area contributed by atoms with Gasteiger partial charge in [0.15, 0.2) is 81.2 Å². The molecular formula is C80H110N14O36. The van der Waals surface area contributed by atoms with Gasteiger partial charge in [-0.3, -0.25) is 113 Å². The number of alkyl carbamates (subject to hydrolysis) is 4. The topological polar surface area (TPSA) is 704 Å². The normalized spacial score (nSPS) is 17.5. The van der Waals surface area contributed by atoms with Crippen LogP contribution in [0.2, 0.25) is 0 Å². The minimum atomic E-state index is -2.05. The molecule has 6 aliphatic rings. The number of nitrogens with one attached hydrogen (secondary N) is 8. The van der Waals surface area contributed by atoms with Crippen molar-refractivity contribution in [1.82, 2.24) is 41.7 Å². The predicted octanol–water partition coefficient (Wildman–Crippen LogP) is -2.78. The molecule has 716 valence electrons. The van der Waals surface area contributed by atoms with Gasteiger partial charge in [-0.2, -0.15) is 0 Å². The van der Waals surface area contributed by atoms with Crippen LogP contribution in [0.15, 0.2) is 105 Å². The SMILES string of the molecule is C=NC1(CC(C)(CC2(N=C)C(=O)C=CC2=O)OC=N)C(=O)C=CC1=O.C=NC1(CC(CCC/C(=C\OC=N)NC(=O)OC)(CC2(N=C)C(=O)C=CC2=O)NC(=O)OC)C(=O)C=CC1=O.CCCC(NC(=O)OC)C(NC(=O)OC)C(=O)NC(C)NC(=O)C(C)N1C(=O)C=CC1=O.CN1C(=O)C=CC1=O.OCOCC(COCC(COCC(COCO)OCO)OCO)OCO. The number of imide groups is 2. The molecule has 130 heavy (non-hydrogen) atoms. The van der Waals surface area contributed by atoms with Crippen LogP contribution in [0.3, 0.4) is 0 Å². The number of ketones is 8. The molecule has 6 unspecified atom stereocenters. The van der Waals surface area contributed by atoms with Crippen molar-refractivity contribution >= 4 is 146 Å². The number of aliphatic imine (C=N–C) groups is 4. The zero-order chi connectivity index (χ0) is 98.2. The molecule has 0 saturated carbocycles. The fraction of sp³-hybridized carbons (Fsp3) is 0.525. The summed E-state index contributed by atoms with van der Waals surface area (Å²) in [5, 5.41) is 72.8. The highest BCUT2D eigenvalue weighted by molar-refractivity contribution is 6.29. The lowest BCUT2D eigenvalue weighted by Gasteiger charge is -2.42. The Morgan fingerprint density at radius 1 is 0.477 bits per heavy atom. The van der Waals surface area contributed by atoms with Crippen LogP contribution in [0, 0.1) is 10.8 Å². The van der Waals surface area contributed by atoms with E-state index in [1.165, 1.54) is 40.0 Å². The Hall–Kier alpha value is -13.0. The number of hydrogen-bond donors (Lipinski definition) is 13. The van der Waals surface area contributed by atoms with E-state index in [9.17, 15) is 86.3 Å². The van der Waals surface area contributed by atoms with Crippen LogP contribution in [0.25, 0.3) is 0 Å². The summed E-state index contributed by atoms with van der Waals surface area (Å²) in [6.45, 7) is 17.4. The van der Waals surface area contributed by atoms with E-state index >= 15 is 0 Å². The van der Waals surface area contributed by atoms with Gasteiger partial charge in [-0.25, -0.2) is 19.2 Å². The van der Waals surface area contributed by atoms with Gasteiger partial charge in [-0.05, 0) is 122 Å². The summed E-state index contributed by atoms with van der Waals surface area (Å²) in [6, 6.07) is -3.19. The van der Waals surface area contributed by atoms with Crippen molar-refractivity contribution in [2.45, 2.75) is 161 Å². The van der Waals surface area contributed by atoms with Crippen LogP contribution in [0.1, 0.15) is 85.5 Å². The molecule has 6 rings (SSSR count). The number of rotatable bonds is 52. The average Bonchev–Trinajstić information content (AvgIpc) is 1.56. The highest BCUT2D eigenvalue weighted by atomic mass is 16.7. The second-order valence-corrected chi connectivity index (χ2v) is 28.3. The number of carbonyl (C=O) groups excluding carboxylic acids is 18. The third kappa shape index (κ3) is 32.9. The fourth-order valence-corrected chi connectivity index (χ4v) is 13.0. The molecular weight excluding hydrogens is 1730 g/mol. The molecule has 0 aromatic heterocycles. The maximum absolute atomic E-state index is 12.9. The molecule has 0 bridgehead atoms. The molecule has 50 heteroatoms. The zero-order valence-electron chi connectivity index (χ0n) is 72.7. The van der Waals surface area contributed by atoms with Crippen molar-refractivity contribution in [3.05, 3.63) is 84.9 Å². The lowest BCUT2D eigenvalue weighted by Crippen LogP contribution is -2.62. The van der Waals surface area contributed by atoms with Crippen molar-refractivity contribution in [2.24, 2.45) is 20.0 Å². The highest BCUT2D eigenvalue weighted by Gasteiger charge is 2.59. The van der Waals surface area contributed by atoms with Gasteiger partial charge in [-0.15, -0.1) is 0 Å². The molecule has 0 fully saturated rings. The van der Waals surface area contributed by atoms with Gasteiger partial charge in [0.2, 0.25) is 11.8 Å². The third-order valence-electron chi connectivity index (χ3n) is 19.6. The van der Waals surface area contributed by atoms with Crippen LogP contribution in [-0.4, -0.2) is 366 Å². The minimum Gasteiger partial charge on any atom is -0.477 e. The third-order valence-corrected chi connectivity index (χ3v) is 19.6. The van der Waals surface area contributed by atoms with Crippen molar-refractivity contribution in [2.75, 3.05) is 109 Å². The Morgan fingerprint density at radius 2 is 0.831 bits per heavy atom. The van der Waals surface area contributed by atoms with E-state index in [-0.39, 0.29) is 89.3 Å². The minimum absolute atomic E-state index is 0.0319. The molecule has 0 radical (unpaired) electrons. The molecule has 0 saturated heterocycles. The van der Waals surface area contributed by atoms with Crippen molar-refractivity contribution in [1.29, 1.82) is 10.8 Å². The van der Waals surface area contributed by atoms with Crippen LogP contribution in [0.5, 0.6) is 0 Å². The van der Waals surface area contributed by atoms with Crippen molar-refractivity contribution in [3.8, 4) is 0 Å². The van der Waals surface area contributed by atoms with E-state index in [1.54, 1.807) is 0 Å². The first-order valence-electron chi connectivity index (χ1n) is 38.9. The average molecular weight is 1840 g/mol. The number of hydrogen-bond acceptors (Lipinski definition) is 42. The summed E-state index contributed by atoms with van der Waals surface area (Å²) >= 11 is 0. The molecule has 13 N–H and O–H groups in total. The molecule has 50 nitrogen and oxygen atoms in total. The Balaban J connectivity index is 0.000000576. The largest absolute Gasteiger partial charge is 0.477 e. The smallest absolute Gasteiger partial charge is 0.411 e. The van der Waals surface area contributed by atoms with Gasteiger partial charge >= 0.3 is 24.4 Å². The Bertz CT molecular complexity index is 4080. The fourth-order valence-electron chi connectivity index (χ4n) is 13.0.